The molecule has 80 valence electrons. The van der Waals surface area contributed by atoms with Gasteiger partial charge in [0.25, 0.3) is 0 Å². The number of anilines is 1. The summed E-state index contributed by atoms with van der Waals surface area (Å²) in [6.07, 6.45) is 2.44. The van der Waals surface area contributed by atoms with Crippen molar-refractivity contribution in [3.8, 4) is 0 Å². The first-order chi connectivity index (χ1) is 7.00. The number of aryl methyl sites for hydroxylation is 1. The first-order valence-corrected chi connectivity index (χ1v) is 5.60. The fourth-order valence-electron chi connectivity index (χ4n) is 1.61. The number of nitrogens with one attached hydrogen (secondary N) is 1. The lowest BCUT2D eigenvalue weighted by molar-refractivity contribution is 0.829. The number of hydrogen-bond donors (Lipinski definition) is 2. The summed E-state index contributed by atoms with van der Waals surface area (Å²) < 4.78 is 0. The lowest BCUT2D eigenvalue weighted by Crippen LogP contribution is -2.20. The van der Waals surface area contributed by atoms with E-state index in [4.69, 9.17) is 18.0 Å². The first-order valence-electron chi connectivity index (χ1n) is 5.19. The average molecular weight is 220 g/mol. The average Bonchev–Trinajstić information content (AvgIpc) is 2.87. The zero-order chi connectivity index (χ0) is 11.1. The highest BCUT2D eigenvalue weighted by Gasteiger charge is 2.37. The Morgan fingerprint density at radius 2 is 2.13 bits per heavy atom. The summed E-state index contributed by atoms with van der Waals surface area (Å²) in [5, 5.41) is 3.50. The van der Waals surface area contributed by atoms with Gasteiger partial charge in [0.05, 0.1) is 0 Å². The molecule has 2 rings (SSSR count). The Labute approximate surface area is 95.9 Å². The van der Waals surface area contributed by atoms with Crippen molar-refractivity contribution in [2.24, 2.45) is 5.73 Å². The van der Waals surface area contributed by atoms with Crippen LogP contribution in [0, 0.1) is 6.92 Å². The molecule has 0 radical (unpaired) electrons. The summed E-state index contributed by atoms with van der Waals surface area (Å²) in [4.78, 5) is 0.463. The van der Waals surface area contributed by atoms with Crippen LogP contribution in [0.15, 0.2) is 18.2 Å². The fourth-order valence-corrected chi connectivity index (χ4v) is 1.78. The minimum absolute atomic E-state index is 0.259. The minimum atomic E-state index is 0.259. The van der Waals surface area contributed by atoms with Crippen molar-refractivity contribution in [1.29, 1.82) is 0 Å². The van der Waals surface area contributed by atoms with Crippen LogP contribution < -0.4 is 11.1 Å². The molecule has 0 aromatic heterocycles. The maximum atomic E-state index is 5.71. The molecule has 0 aliphatic heterocycles. The molecule has 1 fully saturated rings. The van der Waals surface area contributed by atoms with Crippen LogP contribution in [0.5, 0.6) is 0 Å². The molecule has 1 aromatic carbocycles. The molecule has 0 bridgehead atoms. The van der Waals surface area contributed by atoms with Crippen molar-refractivity contribution >= 4 is 22.9 Å². The molecule has 3 heteroatoms. The third kappa shape index (κ3) is 2.29. The van der Waals surface area contributed by atoms with Gasteiger partial charge in [-0.2, -0.15) is 0 Å². The normalized spacial score (nSPS) is 17.2. The van der Waals surface area contributed by atoms with Crippen LogP contribution >= 0.6 is 12.2 Å². The van der Waals surface area contributed by atoms with Crippen LogP contribution in [0.25, 0.3) is 0 Å². The third-order valence-corrected chi connectivity index (χ3v) is 3.10. The topological polar surface area (TPSA) is 38.0 Å². The van der Waals surface area contributed by atoms with Crippen molar-refractivity contribution in [1.82, 2.24) is 0 Å². The lowest BCUT2D eigenvalue weighted by Gasteiger charge is -2.17. The van der Waals surface area contributed by atoms with E-state index in [1.54, 1.807) is 0 Å². The highest BCUT2D eigenvalue weighted by molar-refractivity contribution is 7.80. The second kappa shape index (κ2) is 3.49. The molecule has 0 spiro atoms. The second-order valence-corrected chi connectivity index (χ2v) is 5.04. The molecule has 1 aromatic rings. The second-order valence-electron chi connectivity index (χ2n) is 4.60. The Morgan fingerprint density at radius 3 is 2.67 bits per heavy atom. The van der Waals surface area contributed by atoms with Crippen LogP contribution in [0.1, 0.15) is 30.9 Å². The molecule has 0 saturated heterocycles. The predicted molar refractivity (Wildman–Crippen MR) is 68.3 cm³/mol. The highest BCUT2D eigenvalue weighted by Crippen LogP contribution is 2.38. The molecule has 0 heterocycles. The van der Waals surface area contributed by atoms with Crippen LogP contribution in [-0.2, 0) is 0 Å². The van der Waals surface area contributed by atoms with Crippen molar-refractivity contribution in [2.45, 2.75) is 32.2 Å². The van der Waals surface area contributed by atoms with E-state index in [2.05, 4.69) is 24.4 Å². The zero-order valence-corrected chi connectivity index (χ0v) is 9.95. The molecular formula is C12H16N2S. The van der Waals surface area contributed by atoms with Crippen molar-refractivity contribution < 1.29 is 0 Å². The van der Waals surface area contributed by atoms with Gasteiger partial charge in [0, 0.05) is 16.8 Å². The molecular weight excluding hydrogens is 204 g/mol. The molecule has 0 amide bonds. The summed E-state index contributed by atoms with van der Waals surface area (Å²) in [6, 6.07) is 6.18. The van der Waals surface area contributed by atoms with E-state index in [0.717, 1.165) is 11.3 Å². The van der Waals surface area contributed by atoms with Crippen LogP contribution in [0.3, 0.4) is 0 Å². The lowest BCUT2D eigenvalue weighted by atomic mass is 10.1. The van der Waals surface area contributed by atoms with Gasteiger partial charge in [0.2, 0.25) is 0 Å². The summed E-state index contributed by atoms with van der Waals surface area (Å²) in [7, 11) is 0. The Morgan fingerprint density at radius 1 is 1.47 bits per heavy atom. The van der Waals surface area contributed by atoms with E-state index >= 15 is 0 Å². The predicted octanol–water partition coefficient (Wildman–Crippen LogP) is 2.59. The van der Waals surface area contributed by atoms with E-state index in [1.807, 2.05) is 13.0 Å². The maximum Gasteiger partial charge on any atom is 0.106 e. The summed E-state index contributed by atoms with van der Waals surface area (Å²) >= 11 is 5.06. The quantitative estimate of drug-likeness (QED) is 0.769. The first kappa shape index (κ1) is 10.4. The maximum absolute atomic E-state index is 5.71. The number of rotatable bonds is 3. The SMILES string of the molecule is Cc1ccc(NC2(C)CC2)c(C(N)=S)c1. The van der Waals surface area contributed by atoms with Crippen molar-refractivity contribution in [3.05, 3.63) is 29.3 Å². The molecule has 0 atom stereocenters. The van der Waals surface area contributed by atoms with E-state index in [1.165, 1.54) is 18.4 Å². The molecule has 1 aliphatic rings. The molecule has 1 aliphatic carbocycles. The van der Waals surface area contributed by atoms with Gasteiger partial charge in [0.15, 0.2) is 0 Å². The Hall–Kier alpha value is -1.09. The van der Waals surface area contributed by atoms with Gasteiger partial charge >= 0.3 is 0 Å². The van der Waals surface area contributed by atoms with Gasteiger partial charge in [-0.05, 0) is 38.8 Å². The fraction of sp³-hybridized carbons (Fsp3) is 0.417. The third-order valence-electron chi connectivity index (χ3n) is 2.88. The van der Waals surface area contributed by atoms with Gasteiger partial charge in [-0.15, -0.1) is 0 Å². The van der Waals surface area contributed by atoms with Crippen LogP contribution in [-0.4, -0.2) is 10.5 Å². The van der Waals surface area contributed by atoms with Gasteiger partial charge < -0.3 is 11.1 Å². The van der Waals surface area contributed by atoms with Crippen molar-refractivity contribution in [2.75, 3.05) is 5.32 Å². The highest BCUT2D eigenvalue weighted by atomic mass is 32.1. The minimum Gasteiger partial charge on any atom is -0.389 e. The van der Waals surface area contributed by atoms with E-state index < -0.39 is 0 Å². The Balaban J connectivity index is 2.32. The molecule has 2 nitrogen and oxygen atoms in total. The van der Waals surface area contributed by atoms with Gasteiger partial charge in [-0.25, -0.2) is 0 Å². The summed E-state index contributed by atoms with van der Waals surface area (Å²) in [5.41, 5.74) is 9.18. The molecule has 0 unspecified atom stereocenters. The number of thiocarbonyl (C=S) groups is 1. The van der Waals surface area contributed by atoms with Crippen LogP contribution in [0.2, 0.25) is 0 Å². The van der Waals surface area contributed by atoms with E-state index in [9.17, 15) is 0 Å². The molecule has 3 N–H and O–H groups in total. The molecule has 1 saturated carbocycles. The zero-order valence-electron chi connectivity index (χ0n) is 9.13. The number of nitrogens with two attached hydrogens (primary N) is 1. The Bertz CT molecular complexity index is 408. The standard InChI is InChI=1S/C12H16N2S/c1-8-3-4-10(9(7-8)11(13)15)14-12(2)5-6-12/h3-4,7,14H,5-6H2,1-2H3,(H2,13,15). The van der Waals surface area contributed by atoms with Gasteiger partial charge in [-0.1, -0.05) is 23.8 Å². The Kier molecular flexibility index (Phi) is 2.43. The number of benzene rings is 1. The van der Waals surface area contributed by atoms with Gasteiger partial charge in [-0.3, -0.25) is 0 Å². The van der Waals surface area contributed by atoms with E-state index in [0.29, 0.717) is 4.99 Å². The van der Waals surface area contributed by atoms with Crippen LogP contribution in [0.4, 0.5) is 5.69 Å². The smallest absolute Gasteiger partial charge is 0.106 e. The monoisotopic (exact) mass is 220 g/mol. The molecule has 15 heavy (non-hydrogen) atoms. The number of hydrogen-bond acceptors (Lipinski definition) is 2. The summed E-state index contributed by atoms with van der Waals surface area (Å²) in [5.74, 6) is 0. The summed E-state index contributed by atoms with van der Waals surface area (Å²) in [6.45, 7) is 4.26. The largest absolute Gasteiger partial charge is 0.389 e. The van der Waals surface area contributed by atoms with E-state index in [-0.39, 0.29) is 5.54 Å². The van der Waals surface area contributed by atoms with Crippen molar-refractivity contribution in [3.63, 3.8) is 0 Å². The van der Waals surface area contributed by atoms with Gasteiger partial charge in [0.1, 0.15) is 4.99 Å².